The molecule has 0 N–H and O–H groups in total. The van der Waals surface area contributed by atoms with E-state index in [1.54, 1.807) is 42.7 Å². The van der Waals surface area contributed by atoms with Gasteiger partial charge in [-0.15, -0.1) is 0 Å². The molecular weight excluding hydrogens is 512 g/mol. The fourth-order valence-electron chi connectivity index (χ4n) is 4.53. The van der Waals surface area contributed by atoms with E-state index < -0.39 is 11.0 Å². The maximum atomic E-state index is 13.5. The molecule has 38 heavy (non-hydrogen) atoms. The van der Waals surface area contributed by atoms with Crippen LogP contribution in [0.2, 0.25) is 5.02 Å². The molecule has 0 spiro atoms. The Bertz CT molecular complexity index is 1650. The van der Waals surface area contributed by atoms with Crippen LogP contribution in [0.1, 0.15) is 23.6 Å². The average molecular weight is 532 g/mol. The van der Waals surface area contributed by atoms with E-state index in [0.717, 1.165) is 16.7 Å². The Labute approximate surface area is 221 Å². The largest absolute Gasteiger partial charge is 0.306 e. The molecule has 6 nitrogen and oxygen atoms in total. The number of benzene rings is 3. The molecule has 0 aliphatic carbocycles. The number of nitrogens with zero attached hydrogens (tertiary/aromatic N) is 3. The maximum Gasteiger partial charge on any atom is 0.277 e. The van der Waals surface area contributed by atoms with E-state index in [4.69, 9.17) is 11.6 Å². The number of nitro groups is 1. The SMILES string of the molecule is O=c1cc(-c2cc(Cl)ccc2[N+](=O)[O-])ccn1[C@H](Cc1ccc(F)cc1)C1=NC=C(c2ccc(F)cc2)C1. The summed E-state index contributed by atoms with van der Waals surface area (Å²) in [5.74, 6) is -0.706. The fourth-order valence-corrected chi connectivity index (χ4v) is 4.70. The van der Waals surface area contributed by atoms with E-state index in [2.05, 4.69) is 4.99 Å². The lowest BCUT2D eigenvalue weighted by Gasteiger charge is -2.21. The van der Waals surface area contributed by atoms with Crippen molar-refractivity contribution in [1.82, 2.24) is 4.57 Å². The second-order valence-electron chi connectivity index (χ2n) is 8.88. The minimum Gasteiger partial charge on any atom is -0.306 e. The summed E-state index contributed by atoms with van der Waals surface area (Å²) < 4.78 is 28.5. The van der Waals surface area contributed by atoms with Crippen LogP contribution in [0.4, 0.5) is 14.5 Å². The average Bonchev–Trinajstić information content (AvgIpc) is 3.39. The molecule has 9 heteroatoms. The third-order valence-corrected chi connectivity index (χ3v) is 6.69. The van der Waals surface area contributed by atoms with Crippen molar-refractivity contribution in [2.24, 2.45) is 4.99 Å². The van der Waals surface area contributed by atoms with Crippen LogP contribution >= 0.6 is 11.6 Å². The van der Waals surface area contributed by atoms with Gasteiger partial charge in [-0.05, 0) is 71.1 Å². The summed E-state index contributed by atoms with van der Waals surface area (Å²) in [5, 5.41) is 11.9. The van der Waals surface area contributed by atoms with Crippen LogP contribution in [-0.2, 0) is 6.42 Å². The number of allylic oxidation sites excluding steroid dienone is 1. The van der Waals surface area contributed by atoms with E-state index in [9.17, 15) is 23.7 Å². The van der Waals surface area contributed by atoms with Gasteiger partial charge >= 0.3 is 0 Å². The molecule has 190 valence electrons. The fraction of sp³-hybridized carbons (Fsp3) is 0.103. The van der Waals surface area contributed by atoms with Gasteiger partial charge in [-0.3, -0.25) is 19.9 Å². The summed E-state index contributed by atoms with van der Waals surface area (Å²) in [6.45, 7) is 0. The van der Waals surface area contributed by atoms with Crippen molar-refractivity contribution in [2.45, 2.75) is 18.9 Å². The molecule has 2 heterocycles. The summed E-state index contributed by atoms with van der Waals surface area (Å²) in [5.41, 5.74) is 3.25. The van der Waals surface area contributed by atoms with Gasteiger partial charge in [0.1, 0.15) is 11.6 Å². The molecule has 0 saturated carbocycles. The Morgan fingerprint density at radius 2 is 1.63 bits per heavy atom. The van der Waals surface area contributed by atoms with Crippen LogP contribution in [0.25, 0.3) is 16.7 Å². The molecule has 5 rings (SSSR count). The number of hydrogen-bond acceptors (Lipinski definition) is 4. The van der Waals surface area contributed by atoms with Gasteiger partial charge in [-0.25, -0.2) is 8.78 Å². The zero-order valence-corrected chi connectivity index (χ0v) is 20.6. The first-order valence-corrected chi connectivity index (χ1v) is 12.1. The van der Waals surface area contributed by atoms with Crippen molar-refractivity contribution in [2.75, 3.05) is 0 Å². The number of halogens is 3. The van der Waals surface area contributed by atoms with E-state index in [1.165, 1.54) is 53.1 Å². The molecule has 0 amide bonds. The topological polar surface area (TPSA) is 77.5 Å². The summed E-state index contributed by atoms with van der Waals surface area (Å²) in [6, 6.07) is 18.8. The zero-order valence-electron chi connectivity index (χ0n) is 19.9. The highest BCUT2D eigenvalue weighted by atomic mass is 35.5. The first-order valence-electron chi connectivity index (χ1n) is 11.7. The van der Waals surface area contributed by atoms with Crippen molar-refractivity contribution < 1.29 is 13.7 Å². The molecule has 0 fully saturated rings. The second-order valence-corrected chi connectivity index (χ2v) is 9.32. The highest BCUT2D eigenvalue weighted by Gasteiger charge is 2.25. The lowest BCUT2D eigenvalue weighted by molar-refractivity contribution is -0.384. The Hall–Kier alpha value is -4.43. The Kier molecular flexibility index (Phi) is 6.98. The Morgan fingerprint density at radius 1 is 0.947 bits per heavy atom. The first kappa shape index (κ1) is 25.2. The standard InChI is InChI=1S/C29H20ClF2N3O3/c30-22-5-10-27(35(37)38)25(16-22)20-11-12-34(29(36)15-20)28(13-18-1-6-23(31)7-2-18)26-14-21(17-33-26)19-3-8-24(32)9-4-19/h1-12,15-17,28H,13-14H2/t28-/m1/s1. The minimum absolute atomic E-state index is 0.164. The highest BCUT2D eigenvalue weighted by molar-refractivity contribution is 6.31. The molecule has 0 unspecified atom stereocenters. The van der Waals surface area contributed by atoms with Crippen molar-refractivity contribution in [3.8, 4) is 11.1 Å². The molecule has 1 atom stereocenters. The van der Waals surface area contributed by atoms with Crippen LogP contribution in [0.15, 0.2) is 101 Å². The van der Waals surface area contributed by atoms with Gasteiger partial charge in [-0.2, -0.15) is 0 Å². The predicted octanol–water partition coefficient (Wildman–Crippen LogP) is 7.02. The second kappa shape index (κ2) is 10.5. The molecule has 3 aromatic carbocycles. The molecule has 1 aliphatic heterocycles. The van der Waals surface area contributed by atoms with E-state index in [1.807, 2.05) is 0 Å². The van der Waals surface area contributed by atoms with Crippen LogP contribution in [0.3, 0.4) is 0 Å². The van der Waals surface area contributed by atoms with Crippen LogP contribution in [-0.4, -0.2) is 15.2 Å². The monoisotopic (exact) mass is 531 g/mol. The van der Waals surface area contributed by atoms with Gasteiger partial charge in [0.2, 0.25) is 0 Å². The lowest BCUT2D eigenvalue weighted by Crippen LogP contribution is -2.30. The molecule has 0 saturated heterocycles. The van der Waals surface area contributed by atoms with Gasteiger partial charge < -0.3 is 4.57 Å². The summed E-state index contributed by atoms with van der Waals surface area (Å²) in [6.07, 6.45) is 4.08. The molecule has 1 aliphatic rings. The third-order valence-electron chi connectivity index (χ3n) is 6.45. The van der Waals surface area contributed by atoms with Gasteiger partial charge in [0.25, 0.3) is 11.2 Å². The maximum absolute atomic E-state index is 13.5. The number of hydrogen-bond donors (Lipinski definition) is 0. The van der Waals surface area contributed by atoms with Crippen LogP contribution in [0, 0.1) is 21.7 Å². The van der Waals surface area contributed by atoms with E-state index in [0.29, 0.717) is 29.1 Å². The summed E-state index contributed by atoms with van der Waals surface area (Å²) >= 11 is 6.08. The molecule has 0 radical (unpaired) electrons. The molecule has 4 aromatic rings. The normalized spacial score (nSPS) is 13.7. The Balaban J connectivity index is 1.51. The van der Waals surface area contributed by atoms with Gasteiger partial charge in [0, 0.05) is 41.7 Å². The Morgan fingerprint density at radius 3 is 2.29 bits per heavy atom. The molecular formula is C29H20ClF2N3O3. The molecule has 0 bridgehead atoms. The summed E-state index contributed by atoms with van der Waals surface area (Å²) in [7, 11) is 0. The number of nitro benzene ring substituents is 1. The van der Waals surface area contributed by atoms with Gasteiger partial charge in [-0.1, -0.05) is 35.9 Å². The highest BCUT2D eigenvalue weighted by Crippen LogP contribution is 2.33. The third kappa shape index (κ3) is 5.31. The summed E-state index contributed by atoms with van der Waals surface area (Å²) in [4.78, 5) is 29.0. The quantitative estimate of drug-likeness (QED) is 0.190. The van der Waals surface area contributed by atoms with Crippen LogP contribution < -0.4 is 5.56 Å². The first-order chi connectivity index (χ1) is 18.3. The predicted molar refractivity (Wildman–Crippen MR) is 143 cm³/mol. The number of aliphatic imine (C=N–C) groups is 1. The van der Waals surface area contributed by atoms with Gasteiger partial charge in [0.05, 0.1) is 16.5 Å². The van der Waals surface area contributed by atoms with Crippen molar-refractivity contribution in [3.05, 3.63) is 140 Å². The van der Waals surface area contributed by atoms with Crippen molar-refractivity contribution >= 4 is 28.6 Å². The zero-order chi connectivity index (χ0) is 26.8. The smallest absolute Gasteiger partial charge is 0.277 e. The number of pyridine rings is 1. The van der Waals surface area contributed by atoms with Crippen molar-refractivity contribution in [1.29, 1.82) is 0 Å². The number of aromatic nitrogens is 1. The lowest BCUT2D eigenvalue weighted by atomic mass is 9.95. The minimum atomic E-state index is -0.523. The molecule has 1 aromatic heterocycles. The van der Waals surface area contributed by atoms with Crippen LogP contribution in [0.5, 0.6) is 0 Å². The number of rotatable bonds is 7. The van der Waals surface area contributed by atoms with E-state index >= 15 is 0 Å². The van der Waals surface area contributed by atoms with Crippen molar-refractivity contribution in [3.63, 3.8) is 0 Å². The van der Waals surface area contributed by atoms with Gasteiger partial charge in [0.15, 0.2) is 0 Å². The van der Waals surface area contributed by atoms with E-state index in [-0.39, 0.29) is 28.4 Å².